The Kier molecular flexibility index (Phi) is 9.89. The number of anilines is 3. The van der Waals surface area contributed by atoms with Gasteiger partial charge in [-0.15, -0.1) is 0 Å². The maximum atomic E-state index is 2.45. The van der Waals surface area contributed by atoms with Gasteiger partial charge in [-0.3, -0.25) is 0 Å². The van der Waals surface area contributed by atoms with Gasteiger partial charge < -0.3 is 9.47 Å². The number of hydrogen-bond donors (Lipinski definition) is 0. The van der Waals surface area contributed by atoms with Gasteiger partial charge in [0.15, 0.2) is 0 Å². The molecule has 0 atom stereocenters. The topological polar surface area (TPSA) is 8.17 Å². The summed E-state index contributed by atoms with van der Waals surface area (Å²) in [6.45, 7) is 0. The summed E-state index contributed by atoms with van der Waals surface area (Å²) in [7, 11) is 0. The lowest BCUT2D eigenvalue weighted by atomic mass is 9.92. The van der Waals surface area contributed by atoms with Crippen molar-refractivity contribution in [2.45, 2.75) is 0 Å². The summed E-state index contributed by atoms with van der Waals surface area (Å²) in [6.07, 6.45) is 0. The van der Waals surface area contributed by atoms with Crippen molar-refractivity contribution >= 4 is 49.6 Å². The molecule has 0 bridgehead atoms. The van der Waals surface area contributed by atoms with Gasteiger partial charge in [-0.2, -0.15) is 0 Å². The highest BCUT2D eigenvalue weighted by Crippen LogP contribution is 2.46. The fourth-order valence-corrected chi connectivity index (χ4v) is 9.77. The number of rotatable bonds is 9. The molecule has 0 aliphatic heterocycles. The molecule has 0 aliphatic carbocycles. The van der Waals surface area contributed by atoms with E-state index in [1.807, 2.05) is 0 Å². The predicted molar refractivity (Wildman–Crippen MR) is 280 cm³/mol. The monoisotopic (exact) mass is 840 g/mol. The van der Waals surface area contributed by atoms with Crippen molar-refractivity contribution in [3.05, 3.63) is 267 Å². The molecule has 1 heterocycles. The van der Waals surface area contributed by atoms with Crippen LogP contribution in [0.3, 0.4) is 0 Å². The van der Waals surface area contributed by atoms with Crippen LogP contribution in [0.5, 0.6) is 0 Å². The van der Waals surface area contributed by atoms with E-state index in [9.17, 15) is 0 Å². The molecule has 0 saturated heterocycles. The first-order valence-electron chi connectivity index (χ1n) is 22.7. The highest BCUT2D eigenvalue weighted by Gasteiger charge is 2.22. The first-order valence-corrected chi connectivity index (χ1v) is 22.7. The van der Waals surface area contributed by atoms with Crippen molar-refractivity contribution in [1.82, 2.24) is 4.57 Å². The molecule has 11 aromatic carbocycles. The lowest BCUT2D eigenvalue weighted by Crippen LogP contribution is -2.12. The van der Waals surface area contributed by atoms with Crippen molar-refractivity contribution in [2.75, 3.05) is 4.90 Å². The Bertz CT molecular complexity index is 3670. The molecule has 0 unspecified atom stereocenters. The zero-order valence-electron chi connectivity index (χ0n) is 36.3. The van der Waals surface area contributed by atoms with Gasteiger partial charge in [-0.05, 0) is 122 Å². The lowest BCUT2D eigenvalue weighted by Gasteiger charge is -2.30. The normalized spacial score (nSPS) is 11.3. The molecule has 0 amide bonds. The predicted octanol–water partition coefficient (Wildman–Crippen LogP) is 17.7. The van der Waals surface area contributed by atoms with E-state index in [-0.39, 0.29) is 0 Å². The molecule has 0 aliphatic rings. The van der Waals surface area contributed by atoms with Crippen LogP contribution in [0.15, 0.2) is 267 Å². The molecule has 12 rings (SSSR count). The Morgan fingerprint density at radius 3 is 1.47 bits per heavy atom. The maximum absolute atomic E-state index is 2.45. The van der Waals surface area contributed by atoms with Gasteiger partial charge in [0, 0.05) is 33.4 Å². The number of hydrogen-bond acceptors (Lipinski definition) is 1. The number of para-hydroxylation sites is 1. The highest BCUT2D eigenvalue weighted by atomic mass is 15.1. The summed E-state index contributed by atoms with van der Waals surface area (Å²) in [6, 6.07) is 97.1. The van der Waals surface area contributed by atoms with Crippen LogP contribution in [0.4, 0.5) is 17.1 Å². The molecule has 1 aromatic heterocycles. The minimum Gasteiger partial charge on any atom is -0.310 e. The van der Waals surface area contributed by atoms with E-state index in [1.54, 1.807) is 0 Å². The molecule has 0 saturated carbocycles. The summed E-state index contributed by atoms with van der Waals surface area (Å²) in [5.74, 6) is 0. The van der Waals surface area contributed by atoms with Crippen LogP contribution in [-0.2, 0) is 0 Å². The summed E-state index contributed by atoms with van der Waals surface area (Å²) in [5, 5.41) is 4.97. The Morgan fingerprint density at radius 1 is 0.258 bits per heavy atom. The van der Waals surface area contributed by atoms with Gasteiger partial charge in [0.1, 0.15) is 0 Å². The summed E-state index contributed by atoms with van der Waals surface area (Å²) < 4.78 is 2.44. The Hall–Kier alpha value is -8.72. The Morgan fingerprint density at radius 2 is 0.773 bits per heavy atom. The van der Waals surface area contributed by atoms with Gasteiger partial charge >= 0.3 is 0 Å². The van der Waals surface area contributed by atoms with Crippen LogP contribution in [0.2, 0.25) is 0 Å². The van der Waals surface area contributed by atoms with E-state index in [4.69, 9.17) is 0 Å². The van der Waals surface area contributed by atoms with Gasteiger partial charge in [-0.1, -0.05) is 206 Å². The zero-order chi connectivity index (χ0) is 43.8. The summed E-state index contributed by atoms with van der Waals surface area (Å²) >= 11 is 0. The van der Waals surface area contributed by atoms with Crippen LogP contribution in [0.1, 0.15) is 0 Å². The van der Waals surface area contributed by atoms with Gasteiger partial charge in [0.05, 0.1) is 16.7 Å². The average molecular weight is 841 g/mol. The molecule has 0 fully saturated rings. The van der Waals surface area contributed by atoms with Crippen LogP contribution in [-0.4, -0.2) is 4.57 Å². The van der Waals surface area contributed by atoms with E-state index >= 15 is 0 Å². The third-order valence-corrected chi connectivity index (χ3v) is 13.0. The van der Waals surface area contributed by atoms with Crippen LogP contribution < -0.4 is 4.90 Å². The van der Waals surface area contributed by atoms with Crippen molar-refractivity contribution in [1.29, 1.82) is 0 Å². The van der Waals surface area contributed by atoms with E-state index in [0.717, 1.165) is 50.6 Å². The molecular formula is C64H44N2. The third kappa shape index (κ3) is 7.12. The van der Waals surface area contributed by atoms with Crippen molar-refractivity contribution in [2.24, 2.45) is 0 Å². The van der Waals surface area contributed by atoms with E-state index < -0.39 is 0 Å². The first kappa shape index (κ1) is 38.9. The second-order valence-corrected chi connectivity index (χ2v) is 16.9. The molecule has 0 radical (unpaired) electrons. The van der Waals surface area contributed by atoms with Gasteiger partial charge in [-0.25, -0.2) is 0 Å². The molecule has 66 heavy (non-hydrogen) atoms. The van der Waals surface area contributed by atoms with Crippen molar-refractivity contribution in [3.63, 3.8) is 0 Å². The van der Waals surface area contributed by atoms with E-state index in [2.05, 4.69) is 276 Å². The fourth-order valence-electron chi connectivity index (χ4n) is 9.77. The van der Waals surface area contributed by atoms with E-state index in [1.165, 1.54) is 60.4 Å². The Labute approximate surface area is 385 Å². The quantitative estimate of drug-likeness (QED) is 0.141. The molecule has 0 N–H and O–H groups in total. The minimum absolute atomic E-state index is 1.06. The smallest absolute Gasteiger partial charge is 0.0547 e. The molecule has 2 nitrogen and oxygen atoms in total. The minimum atomic E-state index is 1.06. The summed E-state index contributed by atoms with van der Waals surface area (Å²) in [4.78, 5) is 2.45. The second kappa shape index (κ2) is 16.8. The lowest BCUT2D eigenvalue weighted by molar-refractivity contribution is 1.18. The maximum Gasteiger partial charge on any atom is 0.0547 e. The first-order chi connectivity index (χ1) is 32.7. The average Bonchev–Trinajstić information content (AvgIpc) is 3.72. The molecule has 2 heteroatoms. The van der Waals surface area contributed by atoms with Gasteiger partial charge in [0.2, 0.25) is 0 Å². The molecular weight excluding hydrogens is 797 g/mol. The fraction of sp³-hybridized carbons (Fsp3) is 0. The van der Waals surface area contributed by atoms with Crippen molar-refractivity contribution < 1.29 is 0 Å². The van der Waals surface area contributed by atoms with Crippen molar-refractivity contribution in [3.8, 4) is 61.3 Å². The SMILES string of the molecule is c1ccc(-c2ccc(N(c3ccc(-c4ccccc4)c(-c4cccc(-n5c6ccccc6c6cc7ccccc7cc65)c4)c3)c3cc(-c4ccccc4)ccc3-c3ccccc3)cc2)cc1. The van der Waals surface area contributed by atoms with Crippen LogP contribution in [0, 0.1) is 0 Å². The molecule has 12 aromatic rings. The van der Waals surface area contributed by atoms with Gasteiger partial charge in [0.25, 0.3) is 0 Å². The Balaban J connectivity index is 1.09. The largest absolute Gasteiger partial charge is 0.310 e. The number of aromatic nitrogens is 1. The van der Waals surface area contributed by atoms with Crippen LogP contribution >= 0.6 is 0 Å². The standard InChI is InChI=1S/C64H44N2/c1-5-18-45(19-6-1)47-32-35-54(36-33-47)65(63-43-52(46-20-7-2-8-21-46)34-38-58(63)49-24-11-4-12-25-49)56-37-39-57(48-22-9-3-10-23-48)60(44-56)53-28-17-29-55(40-53)66-62-31-16-15-30-59(62)61-41-50-26-13-14-27-51(50)42-64(61)66/h1-44H. The zero-order valence-corrected chi connectivity index (χ0v) is 36.3. The molecule has 310 valence electrons. The second-order valence-electron chi connectivity index (χ2n) is 16.9. The number of nitrogens with zero attached hydrogens (tertiary/aromatic N) is 2. The number of benzene rings is 11. The third-order valence-electron chi connectivity index (χ3n) is 13.0. The number of fused-ring (bicyclic) bond motifs is 4. The summed E-state index contributed by atoms with van der Waals surface area (Å²) in [5.41, 5.74) is 18.4. The van der Waals surface area contributed by atoms with Crippen LogP contribution in [0.25, 0.3) is 93.9 Å². The van der Waals surface area contributed by atoms with E-state index in [0.29, 0.717) is 0 Å². The molecule has 0 spiro atoms. The highest BCUT2D eigenvalue weighted by molar-refractivity contribution is 6.13.